The predicted octanol–water partition coefficient (Wildman–Crippen LogP) is 4.44. The quantitative estimate of drug-likeness (QED) is 0.456. The van der Waals surface area contributed by atoms with E-state index in [9.17, 15) is 9.59 Å². The van der Waals surface area contributed by atoms with Crippen molar-refractivity contribution in [2.75, 3.05) is 10.6 Å². The van der Waals surface area contributed by atoms with Crippen LogP contribution in [0.2, 0.25) is 5.02 Å². The van der Waals surface area contributed by atoms with Crippen molar-refractivity contribution in [1.82, 2.24) is 15.2 Å². The van der Waals surface area contributed by atoms with Gasteiger partial charge in [-0.2, -0.15) is 0 Å². The van der Waals surface area contributed by atoms with E-state index in [1.165, 1.54) is 6.20 Å². The van der Waals surface area contributed by atoms with Crippen LogP contribution in [0.1, 0.15) is 41.9 Å². The third-order valence-corrected chi connectivity index (χ3v) is 5.75. The van der Waals surface area contributed by atoms with Crippen molar-refractivity contribution in [3.05, 3.63) is 53.0 Å². The van der Waals surface area contributed by atoms with Crippen molar-refractivity contribution in [3.8, 4) is 5.88 Å². The van der Waals surface area contributed by atoms with Crippen LogP contribution in [0.25, 0.3) is 0 Å². The number of carbonyl (C=O) groups is 2. The van der Waals surface area contributed by atoms with Gasteiger partial charge in [-0.15, -0.1) is 5.10 Å². The van der Waals surface area contributed by atoms with Crippen LogP contribution in [0.5, 0.6) is 5.88 Å². The number of aliphatic carboxylic acids is 1. The number of pyridine rings is 1. The first-order valence-electron chi connectivity index (χ1n) is 10.4. The third kappa shape index (κ3) is 5.78. The van der Waals surface area contributed by atoms with Gasteiger partial charge in [0.2, 0.25) is 5.88 Å². The lowest BCUT2D eigenvalue weighted by Crippen LogP contribution is -2.28. The molecule has 0 radical (unpaired) electrons. The number of rotatable bonds is 7. The van der Waals surface area contributed by atoms with Crippen LogP contribution in [0.4, 0.5) is 17.4 Å². The highest BCUT2D eigenvalue weighted by Gasteiger charge is 2.27. The van der Waals surface area contributed by atoms with Gasteiger partial charge in [0.05, 0.1) is 17.8 Å². The molecule has 1 aliphatic carbocycles. The van der Waals surface area contributed by atoms with Crippen molar-refractivity contribution < 1.29 is 23.8 Å². The maximum atomic E-state index is 12.4. The van der Waals surface area contributed by atoms with Crippen LogP contribution in [0.3, 0.4) is 0 Å². The van der Waals surface area contributed by atoms with Gasteiger partial charge in [-0.1, -0.05) is 22.8 Å². The largest absolute Gasteiger partial charge is 0.481 e. The molecule has 0 spiro atoms. The van der Waals surface area contributed by atoms with Crippen molar-refractivity contribution in [3.63, 3.8) is 0 Å². The lowest BCUT2D eigenvalue weighted by Gasteiger charge is -2.26. The standard InChI is InChI=1S/C22H22ClN5O5/c1-12-2-5-14(10-17(12)23)26-22-28-27-20(33-22)19(29)25-15-6-9-18(24-11-15)32-16-7-3-13(4-8-16)21(30)31/h2,5-6,9-11,13,16H,3-4,7-8H2,1H3,(H,25,29)(H,26,28)(H,30,31)/t13-,16-. The van der Waals surface area contributed by atoms with E-state index < -0.39 is 11.9 Å². The number of hydrogen-bond acceptors (Lipinski definition) is 8. The Morgan fingerprint density at radius 3 is 2.55 bits per heavy atom. The number of carbonyl (C=O) groups excluding carboxylic acids is 1. The molecule has 0 aliphatic heterocycles. The fourth-order valence-electron chi connectivity index (χ4n) is 3.47. The molecule has 1 fully saturated rings. The summed E-state index contributed by atoms with van der Waals surface area (Å²) >= 11 is 6.10. The number of halogens is 1. The molecule has 2 heterocycles. The number of amides is 1. The third-order valence-electron chi connectivity index (χ3n) is 5.35. The van der Waals surface area contributed by atoms with Gasteiger partial charge in [0, 0.05) is 16.8 Å². The molecule has 11 heteroatoms. The van der Waals surface area contributed by atoms with Crippen LogP contribution >= 0.6 is 11.6 Å². The Balaban J connectivity index is 1.30. The first-order chi connectivity index (χ1) is 15.9. The van der Waals surface area contributed by atoms with Crippen LogP contribution in [0, 0.1) is 12.8 Å². The van der Waals surface area contributed by atoms with E-state index in [-0.39, 0.29) is 23.9 Å². The number of nitrogens with zero attached hydrogens (tertiary/aromatic N) is 3. The summed E-state index contributed by atoms with van der Waals surface area (Å²) < 4.78 is 11.2. The summed E-state index contributed by atoms with van der Waals surface area (Å²) in [5.41, 5.74) is 2.01. The van der Waals surface area contributed by atoms with Crippen molar-refractivity contribution in [2.24, 2.45) is 5.92 Å². The van der Waals surface area contributed by atoms with Crippen molar-refractivity contribution in [2.45, 2.75) is 38.7 Å². The highest BCUT2D eigenvalue weighted by molar-refractivity contribution is 6.31. The lowest BCUT2D eigenvalue weighted by atomic mass is 9.87. The monoisotopic (exact) mass is 471 g/mol. The van der Waals surface area contributed by atoms with E-state index in [0.29, 0.717) is 48.0 Å². The molecular weight excluding hydrogens is 450 g/mol. The lowest BCUT2D eigenvalue weighted by molar-refractivity contribution is -0.143. The number of hydrogen-bond donors (Lipinski definition) is 3. The number of anilines is 3. The predicted molar refractivity (Wildman–Crippen MR) is 120 cm³/mol. The second-order valence-corrected chi connectivity index (χ2v) is 8.18. The van der Waals surface area contributed by atoms with Gasteiger partial charge >= 0.3 is 23.8 Å². The number of aromatic nitrogens is 3. The molecule has 0 bridgehead atoms. The van der Waals surface area contributed by atoms with Crippen LogP contribution in [-0.4, -0.2) is 38.3 Å². The zero-order valence-corrected chi connectivity index (χ0v) is 18.5. The summed E-state index contributed by atoms with van der Waals surface area (Å²) in [5.74, 6) is -1.44. The SMILES string of the molecule is Cc1ccc(Nc2nnc(C(=O)Nc3ccc(O[C@H]4CC[C@H](C(=O)O)CC4)nc3)o2)cc1Cl. The number of benzene rings is 1. The first kappa shape index (κ1) is 22.5. The van der Waals surface area contributed by atoms with Gasteiger partial charge in [0.15, 0.2) is 0 Å². The molecule has 3 aromatic rings. The van der Waals surface area contributed by atoms with Gasteiger partial charge in [-0.25, -0.2) is 4.98 Å². The van der Waals surface area contributed by atoms with Gasteiger partial charge in [-0.3, -0.25) is 9.59 Å². The van der Waals surface area contributed by atoms with E-state index in [1.807, 2.05) is 13.0 Å². The summed E-state index contributed by atoms with van der Waals surface area (Å²) in [6, 6.07) is 8.70. The minimum Gasteiger partial charge on any atom is -0.481 e. The van der Waals surface area contributed by atoms with Gasteiger partial charge in [0.1, 0.15) is 6.10 Å². The zero-order valence-electron chi connectivity index (χ0n) is 17.7. The summed E-state index contributed by atoms with van der Waals surface area (Å²) in [6.45, 7) is 1.89. The Bertz CT molecular complexity index is 1140. The zero-order chi connectivity index (χ0) is 23.4. The Hall–Kier alpha value is -3.66. The minimum absolute atomic E-state index is 0.0551. The Kier molecular flexibility index (Phi) is 6.74. The molecule has 0 atom stereocenters. The van der Waals surface area contributed by atoms with Crippen molar-refractivity contribution >= 4 is 40.9 Å². The molecule has 4 rings (SSSR count). The fraction of sp³-hybridized carbons (Fsp3) is 0.318. The fourth-order valence-corrected chi connectivity index (χ4v) is 3.65. The molecule has 0 unspecified atom stereocenters. The molecule has 0 saturated heterocycles. The summed E-state index contributed by atoms with van der Waals surface area (Å²) in [4.78, 5) is 27.7. The average Bonchev–Trinajstić information content (AvgIpc) is 3.27. The molecule has 10 nitrogen and oxygen atoms in total. The van der Waals surface area contributed by atoms with Gasteiger partial charge in [-0.05, 0) is 56.4 Å². The number of carboxylic acid groups (broad SMARTS) is 1. The summed E-state index contributed by atoms with van der Waals surface area (Å²) in [6.07, 6.45) is 3.90. The van der Waals surface area contributed by atoms with Crippen LogP contribution in [-0.2, 0) is 4.79 Å². The van der Waals surface area contributed by atoms with E-state index >= 15 is 0 Å². The molecule has 1 amide bonds. The molecule has 2 aromatic heterocycles. The van der Waals surface area contributed by atoms with Crippen molar-refractivity contribution in [1.29, 1.82) is 0 Å². The van der Waals surface area contributed by atoms with E-state index in [2.05, 4.69) is 25.8 Å². The highest BCUT2D eigenvalue weighted by Crippen LogP contribution is 2.27. The van der Waals surface area contributed by atoms with Crippen LogP contribution in [0.15, 0.2) is 40.9 Å². The average molecular weight is 472 g/mol. The summed E-state index contributed by atoms with van der Waals surface area (Å²) in [5, 5.41) is 22.8. The second kappa shape index (κ2) is 9.86. The Labute approximate surface area is 194 Å². The molecule has 33 heavy (non-hydrogen) atoms. The molecule has 3 N–H and O–H groups in total. The van der Waals surface area contributed by atoms with Gasteiger partial charge in [0.25, 0.3) is 0 Å². The van der Waals surface area contributed by atoms with E-state index in [4.69, 9.17) is 25.9 Å². The normalized spacial score (nSPS) is 17.9. The maximum absolute atomic E-state index is 12.4. The summed E-state index contributed by atoms with van der Waals surface area (Å²) in [7, 11) is 0. The Morgan fingerprint density at radius 1 is 1.12 bits per heavy atom. The van der Waals surface area contributed by atoms with Crippen LogP contribution < -0.4 is 15.4 Å². The first-order valence-corrected chi connectivity index (χ1v) is 10.8. The number of aryl methyl sites for hydroxylation is 1. The smallest absolute Gasteiger partial charge is 0.320 e. The second-order valence-electron chi connectivity index (χ2n) is 7.77. The molecule has 1 aromatic carbocycles. The molecule has 172 valence electrons. The minimum atomic E-state index is -0.754. The van der Waals surface area contributed by atoms with Gasteiger partial charge < -0.3 is 24.9 Å². The number of carboxylic acids is 1. The maximum Gasteiger partial charge on any atom is 0.320 e. The van der Waals surface area contributed by atoms with E-state index in [0.717, 1.165) is 5.56 Å². The molecular formula is C22H22ClN5O5. The number of nitrogens with one attached hydrogen (secondary N) is 2. The topological polar surface area (TPSA) is 139 Å². The number of ether oxygens (including phenoxy) is 1. The highest BCUT2D eigenvalue weighted by atomic mass is 35.5. The molecule has 1 saturated carbocycles. The molecule has 1 aliphatic rings. The van der Waals surface area contributed by atoms with E-state index in [1.54, 1.807) is 24.3 Å². The Morgan fingerprint density at radius 2 is 1.88 bits per heavy atom.